The Kier molecular flexibility index (Phi) is 7.22. The van der Waals surface area contributed by atoms with Crippen molar-refractivity contribution in [2.24, 2.45) is 0 Å². The van der Waals surface area contributed by atoms with Crippen LogP contribution in [0.25, 0.3) is 0 Å². The van der Waals surface area contributed by atoms with Crippen molar-refractivity contribution in [2.45, 2.75) is 12.8 Å². The zero-order valence-electron chi connectivity index (χ0n) is 4.97. The van der Waals surface area contributed by atoms with Crippen LogP contribution in [0.4, 0.5) is 0 Å². The smallest absolute Gasteiger partial charge is 0.316 e. The van der Waals surface area contributed by atoms with Gasteiger partial charge in [-0.2, -0.15) is 0 Å². The molecule has 1 N–H and O–H groups in total. The zero-order chi connectivity index (χ0) is 7.11. The average Bonchev–Trinajstić information content (AvgIpc) is 1.80. The van der Waals surface area contributed by atoms with Crippen LogP contribution in [0.5, 0.6) is 0 Å². The van der Waals surface area contributed by atoms with Crippen molar-refractivity contribution in [3.05, 3.63) is 0 Å². The van der Waals surface area contributed by atoms with Gasteiger partial charge in [-0.05, 0) is 12.8 Å². The van der Waals surface area contributed by atoms with Gasteiger partial charge in [0.1, 0.15) is 0 Å². The fourth-order valence-electron chi connectivity index (χ4n) is 0.356. The van der Waals surface area contributed by atoms with Gasteiger partial charge in [-0.15, -0.1) is 0 Å². The summed E-state index contributed by atoms with van der Waals surface area (Å²) in [5.74, 6) is 0. The Morgan fingerprint density at radius 3 is 2.67 bits per heavy atom. The first kappa shape index (κ1) is 9.63. The molecule has 9 heavy (non-hydrogen) atoms. The second-order valence-corrected chi connectivity index (χ2v) is 3.12. The third-order valence-corrected chi connectivity index (χ3v) is 1.77. The molecule has 0 spiro atoms. The topological polar surface area (TPSA) is 46.5 Å². The largest absolute Gasteiger partial charge is 0.326 e. The van der Waals surface area contributed by atoms with Crippen molar-refractivity contribution in [1.29, 1.82) is 0 Å². The van der Waals surface area contributed by atoms with Crippen LogP contribution >= 0.6 is 24.2 Å². The summed E-state index contributed by atoms with van der Waals surface area (Å²) in [7, 11) is -2.68. The van der Waals surface area contributed by atoms with Crippen molar-refractivity contribution < 1.29 is 14.0 Å². The van der Waals surface area contributed by atoms with Gasteiger partial charge in [0, 0.05) is 5.33 Å². The number of halogens is 1. The van der Waals surface area contributed by atoms with Gasteiger partial charge in [0.15, 0.2) is 0 Å². The highest BCUT2D eigenvalue weighted by Gasteiger charge is 1.90. The number of rotatable bonds is 5. The molecule has 1 unspecified atom stereocenters. The minimum atomic E-state index is -2.68. The van der Waals surface area contributed by atoms with E-state index >= 15 is 0 Å². The summed E-state index contributed by atoms with van der Waals surface area (Å²) in [6, 6.07) is 0. The first-order valence-corrected chi connectivity index (χ1v) is 5.07. The summed E-state index contributed by atoms with van der Waals surface area (Å²) in [5, 5.41) is 0.919. The molecule has 0 aliphatic heterocycles. The molecule has 0 aromatic rings. The van der Waals surface area contributed by atoms with Crippen molar-refractivity contribution in [1.82, 2.24) is 0 Å². The van der Waals surface area contributed by atoms with Gasteiger partial charge in [0.05, 0.1) is 6.61 Å². The third-order valence-electron chi connectivity index (χ3n) is 0.754. The number of hydrogen-bond acceptors (Lipinski definition) is 2. The summed E-state index contributed by atoms with van der Waals surface area (Å²) in [4.78, 5) is 8.16. The molecular formula is C4H10BrO3P. The van der Waals surface area contributed by atoms with Gasteiger partial charge >= 0.3 is 8.25 Å². The molecule has 0 aromatic carbocycles. The predicted octanol–water partition coefficient (Wildman–Crippen LogP) is 1.56. The van der Waals surface area contributed by atoms with E-state index in [4.69, 9.17) is 4.89 Å². The quantitative estimate of drug-likeness (QED) is 0.431. The molecule has 0 saturated heterocycles. The molecule has 0 radical (unpaired) electrons. The summed E-state index contributed by atoms with van der Waals surface area (Å²) in [6.07, 6.45) is 1.82. The van der Waals surface area contributed by atoms with E-state index in [-0.39, 0.29) is 0 Å². The van der Waals surface area contributed by atoms with Crippen LogP contribution in [-0.4, -0.2) is 16.8 Å². The van der Waals surface area contributed by atoms with Gasteiger partial charge in [-0.3, -0.25) is 4.57 Å². The van der Waals surface area contributed by atoms with E-state index in [0.29, 0.717) is 6.61 Å². The molecule has 0 amide bonds. The number of alkyl halides is 1. The highest BCUT2D eigenvalue weighted by molar-refractivity contribution is 9.09. The lowest BCUT2D eigenvalue weighted by atomic mass is 10.4. The lowest BCUT2D eigenvalue weighted by molar-refractivity contribution is 0.277. The maximum atomic E-state index is 9.91. The molecule has 0 aliphatic carbocycles. The number of unbranched alkanes of at least 4 members (excludes halogenated alkanes) is 1. The van der Waals surface area contributed by atoms with Gasteiger partial charge in [-0.25, -0.2) is 0 Å². The Morgan fingerprint density at radius 1 is 1.56 bits per heavy atom. The molecule has 0 heterocycles. The fourth-order valence-corrected chi connectivity index (χ4v) is 1.07. The van der Waals surface area contributed by atoms with Crippen LogP contribution in [0.3, 0.4) is 0 Å². The molecule has 0 fully saturated rings. The molecule has 1 atom stereocenters. The third kappa shape index (κ3) is 8.63. The van der Waals surface area contributed by atoms with Crippen molar-refractivity contribution in [3.63, 3.8) is 0 Å². The summed E-state index contributed by atoms with van der Waals surface area (Å²) < 4.78 is 14.3. The van der Waals surface area contributed by atoms with E-state index in [1.165, 1.54) is 0 Å². The van der Waals surface area contributed by atoms with Crippen LogP contribution < -0.4 is 0 Å². The molecule has 56 valence electrons. The molecular weight excluding hydrogens is 207 g/mol. The first-order chi connectivity index (χ1) is 4.27. The van der Waals surface area contributed by atoms with E-state index in [1.54, 1.807) is 0 Å². The number of hydrogen-bond donors (Lipinski definition) is 1. The Labute approximate surface area is 63.5 Å². The molecule has 0 aliphatic rings. The highest BCUT2D eigenvalue weighted by Crippen LogP contribution is 2.14. The molecule has 0 bridgehead atoms. The molecule has 0 saturated carbocycles. The summed E-state index contributed by atoms with van der Waals surface area (Å²) in [6.45, 7) is 0.389. The van der Waals surface area contributed by atoms with Gasteiger partial charge in [0.2, 0.25) is 0 Å². The van der Waals surface area contributed by atoms with E-state index in [1.807, 2.05) is 0 Å². The Balaban J connectivity index is 2.83. The standard InChI is InChI=1S/C4H10BrO3P/c5-3-1-2-4-8-9(6)7/h9H,1-4H2,(H,6,7). The van der Waals surface area contributed by atoms with Gasteiger partial charge < -0.3 is 9.42 Å². The molecule has 0 aromatic heterocycles. The summed E-state index contributed by atoms with van der Waals surface area (Å²) >= 11 is 3.23. The Bertz CT molecular complexity index is 87.9. The molecule has 3 nitrogen and oxygen atoms in total. The lowest BCUT2D eigenvalue weighted by Gasteiger charge is -1.95. The minimum absolute atomic E-state index is 0.389. The Morgan fingerprint density at radius 2 is 2.22 bits per heavy atom. The fraction of sp³-hybridized carbons (Fsp3) is 1.00. The molecule has 5 heteroatoms. The van der Waals surface area contributed by atoms with E-state index < -0.39 is 8.25 Å². The lowest BCUT2D eigenvalue weighted by Crippen LogP contribution is -1.86. The SMILES string of the molecule is O=[PH](O)OCCCCBr. The monoisotopic (exact) mass is 216 g/mol. The van der Waals surface area contributed by atoms with Crippen LogP contribution in [0.1, 0.15) is 12.8 Å². The van der Waals surface area contributed by atoms with Gasteiger partial charge in [0.25, 0.3) is 0 Å². The van der Waals surface area contributed by atoms with Crippen molar-refractivity contribution in [2.75, 3.05) is 11.9 Å². The zero-order valence-corrected chi connectivity index (χ0v) is 7.56. The van der Waals surface area contributed by atoms with Crippen molar-refractivity contribution in [3.8, 4) is 0 Å². The van der Waals surface area contributed by atoms with Crippen molar-refractivity contribution >= 4 is 24.2 Å². The van der Waals surface area contributed by atoms with Crippen LogP contribution in [0.15, 0.2) is 0 Å². The predicted molar refractivity (Wildman–Crippen MR) is 40.2 cm³/mol. The second kappa shape index (κ2) is 6.75. The van der Waals surface area contributed by atoms with E-state index in [2.05, 4.69) is 20.5 Å². The van der Waals surface area contributed by atoms with Crippen LogP contribution in [-0.2, 0) is 9.09 Å². The maximum Gasteiger partial charge on any atom is 0.316 e. The Hall–Kier alpha value is 0.630. The second-order valence-electron chi connectivity index (χ2n) is 1.51. The van der Waals surface area contributed by atoms with E-state index in [9.17, 15) is 4.57 Å². The van der Waals surface area contributed by atoms with Crippen LogP contribution in [0, 0.1) is 0 Å². The normalized spacial score (nSPS) is 13.6. The summed E-state index contributed by atoms with van der Waals surface area (Å²) in [5.41, 5.74) is 0. The van der Waals surface area contributed by atoms with E-state index in [0.717, 1.165) is 18.2 Å². The average molecular weight is 217 g/mol. The highest BCUT2D eigenvalue weighted by atomic mass is 79.9. The maximum absolute atomic E-state index is 9.91. The molecule has 0 rings (SSSR count). The van der Waals surface area contributed by atoms with Gasteiger partial charge in [-0.1, -0.05) is 15.9 Å². The minimum Gasteiger partial charge on any atom is -0.326 e. The van der Waals surface area contributed by atoms with Crippen LogP contribution in [0.2, 0.25) is 0 Å². The first-order valence-electron chi connectivity index (χ1n) is 2.69.